The first-order valence-electron chi connectivity index (χ1n) is 6.09. The molecule has 1 aromatic carbocycles. The van der Waals surface area contributed by atoms with Crippen molar-refractivity contribution in [1.82, 2.24) is 0 Å². The monoisotopic (exact) mass is 267 g/mol. The maximum Gasteiger partial charge on any atom is 0.412 e. The number of nitrogens with one attached hydrogen (secondary N) is 1. The Morgan fingerprint density at radius 1 is 1.37 bits per heavy atom. The van der Waals surface area contributed by atoms with Crippen LogP contribution >= 0.6 is 0 Å². The Morgan fingerprint density at radius 2 is 2.00 bits per heavy atom. The minimum absolute atomic E-state index is 0.476. The number of aliphatic hydroxyl groups is 1. The van der Waals surface area contributed by atoms with Crippen LogP contribution in [0, 0.1) is 0 Å². The zero-order valence-corrected chi connectivity index (χ0v) is 12.0. The molecule has 0 aliphatic rings. The van der Waals surface area contributed by atoms with Crippen LogP contribution in [0.3, 0.4) is 0 Å². The van der Waals surface area contributed by atoms with E-state index in [1.165, 1.54) is 7.11 Å². The van der Waals surface area contributed by atoms with E-state index < -0.39 is 17.8 Å². The Labute approximate surface area is 113 Å². The number of carbonyl (C=O) groups excluding carboxylic acids is 1. The first-order chi connectivity index (χ1) is 8.74. The minimum atomic E-state index is -0.763. The summed E-state index contributed by atoms with van der Waals surface area (Å²) in [6.07, 6.45) is -1.33. The number of rotatable bonds is 3. The number of benzene rings is 1. The Morgan fingerprint density at radius 3 is 2.47 bits per heavy atom. The van der Waals surface area contributed by atoms with Gasteiger partial charge in [0, 0.05) is 5.56 Å². The van der Waals surface area contributed by atoms with E-state index in [-0.39, 0.29) is 0 Å². The SMILES string of the molecule is COc1cccc(NC(=O)OC(C)(C)C)c1[C@@H](C)O. The largest absolute Gasteiger partial charge is 0.496 e. The summed E-state index contributed by atoms with van der Waals surface area (Å²) in [5, 5.41) is 12.4. The number of aliphatic hydroxyl groups excluding tert-OH is 1. The standard InChI is InChI=1S/C14H21NO4/c1-9(16)12-10(7-6-8-11(12)18-5)15-13(17)19-14(2,3)4/h6-9,16H,1-5H3,(H,15,17)/t9-/m1/s1. The highest BCUT2D eigenvalue weighted by Crippen LogP contribution is 2.32. The first kappa shape index (κ1) is 15.3. The van der Waals surface area contributed by atoms with Gasteiger partial charge in [-0.3, -0.25) is 5.32 Å². The molecule has 0 heterocycles. The van der Waals surface area contributed by atoms with E-state index in [0.717, 1.165) is 0 Å². The van der Waals surface area contributed by atoms with Crippen molar-refractivity contribution >= 4 is 11.8 Å². The van der Waals surface area contributed by atoms with Crippen LogP contribution in [0.1, 0.15) is 39.4 Å². The molecule has 0 aliphatic carbocycles. The average molecular weight is 267 g/mol. The molecule has 0 radical (unpaired) electrons. The lowest BCUT2D eigenvalue weighted by Crippen LogP contribution is -2.27. The zero-order chi connectivity index (χ0) is 14.6. The molecule has 1 atom stereocenters. The van der Waals surface area contributed by atoms with Crippen LogP contribution in [0.5, 0.6) is 5.75 Å². The van der Waals surface area contributed by atoms with E-state index in [9.17, 15) is 9.90 Å². The van der Waals surface area contributed by atoms with Gasteiger partial charge in [0.25, 0.3) is 0 Å². The van der Waals surface area contributed by atoms with E-state index >= 15 is 0 Å². The van der Waals surface area contributed by atoms with Crippen LogP contribution in [-0.2, 0) is 4.74 Å². The van der Waals surface area contributed by atoms with Gasteiger partial charge in [0.1, 0.15) is 11.4 Å². The molecule has 0 bridgehead atoms. The van der Waals surface area contributed by atoms with Crippen molar-refractivity contribution in [1.29, 1.82) is 0 Å². The first-order valence-corrected chi connectivity index (χ1v) is 6.09. The third kappa shape index (κ3) is 4.44. The maximum absolute atomic E-state index is 11.7. The fourth-order valence-electron chi connectivity index (χ4n) is 1.68. The summed E-state index contributed by atoms with van der Waals surface area (Å²) in [5.74, 6) is 0.517. The normalized spacial score (nSPS) is 12.7. The Balaban J connectivity index is 2.98. The summed E-state index contributed by atoms with van der Waals surface area (Å²) in [6, 6.07) is 5.15. The van der Waals surface area contributed by atoms with Crippen molar-refractivity contribution in [3.05, 3.63) is 23.8 Å². The van der Waals surface area contributed by atoms with Gasteiger partial charge in [-0.25, -0.2) is 4.79 Å². The van der Waals surface area contributed by atoms with Crippen molar-refractivity contribution in [3.63, 3.8) is 0 Å². The fourth-order valence-corrected chi connectivity index (χ4v) is 1.68. The van der Waals surface area contributed by atoms with Gasteiger partial charge >= 0.3 is 6.09 Å². The van der Waals surface area contributed by atoms with Gasteiger partial charge < -0.3 is 14.6 Å². The second-order valence-corrected chi connectivity index (χ2v) is 5.22. The second-order valence-electron chi connectivity index (χ2n) is 5.22. The minimum Gasteiger partial charge on any atom is -0.496 e. The Kier molecular flexibility index (Phi) is 4.78. The van der Waals surface area contributed by atoms with Crippen molar-refractivity contribution in [2.24, 2.45) is 0 Å². The lowest BCUT2D eigenvalue weighted by molar-refractivity contribution is 0.0635. The molecule has 1 rings (SSSR count). The third-order valence-corrected chi connectivity index (χ3v) is 2.34. The van der Waals surface area contributed by atoms with Crippen molar-refractivity contribution in [3.8, 4) is 5.75 Å². The highest BCUT2D eigenvalue weighted by molar-refractivity contribution is 5.86. The summed E-state index contributed by atoms with van der Waals surface area (Å²) in [6.45, 7) is 6.97. The molecule has 106 valence electrons. The number of methoxy groups -OCH3 is 1. The molecule has 19 heavy (non-hydrogen) atoms. The van der Waals surface area contributed by atoms with Gasteiger partial charge in [-0.1, -0.05) is 6.07 Å². The molecule has 0 aliphatic heterocycles. The van der Waals surface area contributed by atoms with Crippen LogP contribution in [0.2, 0.25) is 0 Å². The molecule has 1 aromatic rings. The van der Waals surface area contributed by atoms with E-state index in [1.807, 2.05) is 0 Å². The number of carbonyl (C=O) groups is 1. The van der Waals surface area contributed by atoms with Gasteiger partial charge in [0.2, 0.25) is 0 Å². The van der Waals surface area contributed by atoms with Gasteiger partial charge in [-0.05, 0) is 39.8 Å². The molecule has 0 unspecified atom stereocenters. The fraction of sp³-hybridized carbons (Fsp3) is 0.500. The molecule has 0 aromatic heterocycles. The molecule has 5 nitrogen and oxygen atoms in total. The molecular weight excluding hydrogens is 246 g/mol. The molecule has 0 saturated carbocycles. The number of amides is 1. The lowest BCUT2D eigenvalue weighted by atomic mass is 10.1. The lowest BCUT2D eigenvalue weighted by Gasteiger charge is -2.21. The summed E-state index contributed by atoms with van der Waals surface area (Å²) in [7, 11) is 1.51. The Bertz CT molecular complexity index is 449. The zero-order valence-electron chi connectivity index (χ0n) is 12.0. The average Bonchev–Trinajstić information content (AvgIpc) is 2.25. The summed E-state index contributed by atoms with van der Waals surface area (Å²) in [5.41, 5.74) is 0.424. The van der Waals surface area contributed by atoms with E-state index in [0.29, 0.717) is 17.0 Å². The van der Waals surface area contributed by atoms with Gasteiger partial charge in [-0.2, -0.15) is 0 Å². The molecule has 2 N–H and O–H groups in total. The van der Waals surface area contributed by atoms with Gasteiger partial charge in [0.15, 0.2) is 0 Å². The molecule has 0 saturated heterocycles. The van der Waals surface area contributed by atoms with Crippen LogP contribution in [0.4, 0.5) is 10.5 Å². The number of hydrogen-bond acceptors (Lipinski definition) is 4. The number of anilines is 1. The van der Waals surface area contributed by atoms with Crippen molar-refractivity contribution in [2.45, 2.75) is 39.4 Å². The van der Waals surface area contributed by atoms with Gasteiger partial charge in [0.05, 0.1) is 18.9 Å². The van der Waals surface area contributed by atoms with E-state index in [1.54, 1.807) is 45.9 Å². The highest BCUT2D eigenvalue weighted by Gasteiger charge is 2.19. The topological polar surface area (TPSA) is 67.8 Å². The van der Waals surface area contributed by atoms with Crippen LogP contribution < -0.4 is 10.1 Å². The van der Waals surface area contributed by atoms with Crippen LogP contribution in [0.15, 0.2) is 18.2 Å². The molecule has 1 amide bonds. The van der Waals surface area contributed by atoms with Crippen molar-refractivity contribution in [2.75, 3.05) is 12.4 Å². The molecule has 0 fully saturated rings. The quantitative estimate of drug-likeness (QED) is 0.883. The van der Waals surface area contributed by atoms with Gasteiger partial charge in [-0.15, -0.1) is 0 Å². The summed E-state index contributed by atoms with van der Waals surface area (Å²) in [4.78, 5) is 11.7. The highest BCUT2D eigenvalue weighted by atomic mass is 16.6. The smallest absolute Gasteiger partial charge is 0.412 e. The molecular formula is C14H21NO4. The summed E-state index contributed by atoms with van der Waals surface area (Å²) >= 11 is 0. The molecule has 5 heteroatoms. The van der Waals surface area contributed by atoms with Crippen LogP contribution in [0.25, 0.3) is 0 Å². The van der Waals surface area contributed by atoms with E-state index in [2.05, 4.69) is 5.32 Å². The predicted molar refractivity (Wildman–Crippen MR) is 73.5 cm³/mol. The van der Waals surface area contributed by atoms with Crippen molar-refractivity contribution < 1.29 is 19.4 Å². The Hall–Kier alpha value is -1.75. The number of hydrogen-bond donors (Lipinski definition) is 2. The van der Waals surface area contributed by atoms with E-state index in [4.69, 9.17) is 9.47 Å². The second kappa shape index (κ2) is 5.93. The maximum atomic E-state index is 11.7. The predicted octanol–water partition coefficient (Wildman–Crippen LogP) is 3.10. The molecule has 0 spiro atoms. The van der Waals surface area contributed by atoms with Crippen LogP contribution in [-0.4, -0.2) is 23.9 Å². The third-order valence-electron chi connectivity index (χ3n) is 2.34. The number of ether oxygens (including phenoxy) is 2. The summed E-state index contributed by atoms with van der Waals surface area (Å²) < 4.78 is 10.4.